The Morgan fingerprint density at radius 2 is 1.74 bits per heavy atom. The molecule has 0 radical (unpaired) electrons. The summed E-state index contributed by atoms with van der Waals surface area (Å²) in [6, 6.07) is 10.3. The minimum atomic E-state index is -0.666. The van der Waals surface area contributed by atoms with Crippen LogP contribution in [0.1, 0.15) is 24.2 Å². The van der Waals surface area contributed by atoms with Gasteiger partial charge in [0, 0.05) is 11.6 Å². The van der Waals surface area contributed by atoms with Crippen molar-refractivity contribution < 1.29 is 18.6 Å². The summed E-state index contributed by atoms with van der Waals surface area (Å²) in [5.41, 5.74) is 1.04. The van der Waals surface area contributed by atoms with E-state index in [-0.39, 0.29) is 6.61 Å². The van der Waals surface area contributed by atoms with Crippen LogP contribution in [0.5, 0.6) is 5.75 Å². The number of halogens is 2. The standard InChI is InChI=1S/C15H14F2O2/c1-10(18)14-4-2-3-5-15(14)19-9-11-6-12(16)8-13(17)7-11/h2-8,10,18H,9H2,1H3/t10-/m0/s1. The molecule has 0 heterocycles. The molecule has 0 aliphatic heterocycles. The highest BCUT2D eigenvalue weighted by Crippen LogP contribution is 2.25. The molecular formula is C15H14F2O2. The number of ether oxygens (including phenoxy) is 1. The van der Waals surface area contributed by atoms with Gasteiger partial charge in [-0.1, -0.05) is 18.2 Å². The normalized spacial score (nSPS) is 12.2. The Morgan fingerprint density at radius 1 is 1.11 bits per heavy atom. The lowest BCUT2D eigenvalue weighted by atomic mass is 10.1. The van der Waals surface area contributed by atoms with Gasteiger partial charge in [-0.05, 0) is 30.7 Å². The molecule has 0 unspecified atom stereocenters. The molecule has 2 aromatic rings. The number of aliphatic hydroxyl groups excluding tert-OH is 1. The minimum absolute atomic E-state index is 0.0401. The summed E-state index contributed by atoms with van der Waals surface area (Å²) >= 11 is 0. The van der Waals surface area contributed by atoms with Crippen molar-refractivity contribution in [3.8, 4) is 5.75 Å². The zero-order valence-corrected chi connectivity index (χ0v) is 10.4. The first-order valence-electron chi connectivity index (χ1n) is 5.91. The van der Waals surface area contributed by atoms with Crippen molar-refractivity contribution in [2.75, 3.05) is 0 Å². The van der Waals surface area contributed by atoms with E-state index >= 15 is 0 Å². The average molecular weight is 264 g/mol. The van der Waals surface area contributed by atoms with E-state index in [1.54, 1.807) is 31.2 Å². The molecule has 2 rings (SSSR count). The second-order valence-corrected chi connectivity index (χ2v) is 4.28. The molecule has 4 heteroatoms. The highest BCUT2D eigenvalue weighted by Gasteiger charge is 2.09. The Bertz CT molecular complexity index is 548. The molecule has 0 aliphatic carbocycles. The first-order chi connectivity index (χ1) is 9.06. The number of hydrogen-bond donors (Lipinski definition) is 1. The van der Waals surface area contributed by atoms with Crippen molar-refractivity contribution in [3.05, 3.63) is 65.2 Å². The van der Waals surface area contributed by atoms with Gasteiger partial charge < -0.3 is 9.84 Å². The van der Waals surface area contributed by atoms with Crippen LogP contribution in [0.3, 0.4) is 0 Å². The van der Waals surface area contributed by atoms with Gasteiger partial charge in [-0.2, -0.15) is 0 Å². The van der Waals surface area contributed by atoms with Gasteiger partial charge in [-0.25, -0.2) is 8.78 Å². The fraction of sp³-hybridized carbons (Fsp3) is 0.200. The van der Waals surface area contributed by atoms with E-state index < -0.39 is 17.7 Å². The van der Waals surface area contributed by atoms with Crippen molar-refractivity contribution in [3.63, 3.8) is 0 Å². The van der Waals surface area contributed by atoms with Crippen molar-refractivity contribution >= 4 is 0 Å². The van der Waals surface area contributed by atoms with Crippen molar-refractivity contribution in [2.45, 2.75) is 19.6 Å². The van der Waals surface area contributed by atoms with Crippen LogP contribution >= 0.6 is 0 Å². The Balaban J connectivity index is 2.14. The second-order valence-electron chi connectivity index (χ2n) is 4.28. The maximum Gasteiger partial charge on any atom is 0.126 e. The molecule has 19 heavy (non-hydrogen) atoms. The molecule has 0 aliphatic rings. The first-order valence-corrected chi connectivity index (χ1v) is 5.91. The van der Waals surface area contributed by atoms with Crippen LogP contribution in [0.4, 0.5) is 8.78 Å². The van der Waals surface area contributed by atoms with Gasteiger partial charge in [0.2, 0.25) is 0 Å². The Kier molecular flexibility index (Phi) is 4.12. The van der Waals surface area contributed by atoms with Gasteiger partial charge in [-0.15, -0.1) is 0 Å². The number of hydrogen-bond acceptors (Lipinski definition) is 2. The third-order valence-electron chi connectivity index (χ3n) is 2.69. The van der Waals surface area contributed by atoms with E-state index in [9.17, 15) is 13.9 Å². The lowest BCUT2D eigenvalue weighted by Gasteiger charge is -2.13. The number of benzene rings is 2. The molecule has 0 spiro atoms. The molecule has 0 saturated carbocycles. The van der Waals surface area contributed by atoms with E-state index in [0.29, 0.717) is 16.9 Å². The van der Waals surface area contributed by atoms with Crippen LogP contribution in [0, 0.1) is 11.6 Å². The van der Waals surface area contributed by atoms with Gasteiger partial charge in [0.05, 0.1) is 6.10 Å². The monoisotopic (exact) mass is 264 g/mol. The molecule has 0 fully saturated rings. The lowest BCUT2D eigenvalue weighted by molar-refractivity contribution is 0.190. The molecule has 2 aromatic carbocycles. The molecule has 2 nitrogen and oxygen atoms in total. The predicted octanol–water partition coefficient (Wildman–Crippen LogP) is 3.60. The number of rotatable bonds is 4. The van der Waals surface area contributed by atoms with Crippen molar-refractivity contribution in [2.24, 2.45) is 0 Å². The third kappa shape index (κ3) is 3.51. The summed E-state index contributed by atoms with van der Waals surface area (Å²) in [7, 11) is 0. The zero-order chi connectivity index (χ0) is 13.8. The van der Waals surface area contributed by atoms with Gasteiger partial charge in [-0.3, -0.25) is 0 Å². The van der Waals surface area contributed by atoms with Crippen LogP contribution in [0.15, 0.2) is 42.5 Å². The summed E-state index contributed by atoms with van der Waals surface area (Å²) in [5, 5.41) is 9.59. The smallest absolute Gasteiger partial charge is 0.126 e. The van der Waals surface area contributed by atoms with Crippen LogP contribution in [-0.4, -0.2) is 5.11 Å². The van der Waals surface area contributed by atoms with Crippen LogP contribution in [0.2, 0.25) is 0 Å². The van der Waals surface area contributed by atoms with E-state index in [1.807, 2.05) is 0 Å². The van der Waals surface area contributed by atoms with E-state index in [4.69, 9.17) is 4.74 Å². The predicted molar refractivity (Wildman–Crippen MR) is 67.8 cm³/mol. The highest BCUT2D eigenvalue weighted by atomic mass is 19.1. The number of para-hydroxylation sites is 1. The Labute approximate surface area is 110 Å². The molecule has 1 atom stereocenters. The maximum absolute atomic E-state index is 13.0. The Hall–Kier alpha value is -1.94. The Morgan fingerprint density at radius 3 is 2.37 bits per heavy atom. The molecule has 0 aromatic heterocycles. The highest BCUT2D eigenvalue weighted by molar-refractivity contribution is 5.35. The van der Waals surface area contributed by atoms with Gasteiger partial charge in [0.25, 0.3) is 0 Å². The van der Waals surface area contributed by atoms with Gasteiger partial charge in [0.15, 0.2) is 0 Å². The van der Waals surface area contributed by atoms with E-state index in [0.717, 1.165) is 6.07 Å². The van der Waals surface area contributed by atoms with Crippen LogP contribution in [-0.2, 0) is 6.61 Å². The minimum Gasteiger partial charge on any atom is -0.489 e. The van der Waals surface area contributed by atoms with E-state index in [2.05, 4.69) is 0 Å². The summed E-state index contributed by atoms with van der Waals surface area (Å²) in [5.74, 6) is -0.771. The fourth-order valence-corrected chi connectivity index (χ4v) is 1.81. The molecule has 0 saturated heterocycles. The SMILES string of the molecule is C[C@H](O)c1ccccc1OCc1cc(F)cc(F)c1. The van der Waals surface area contributed by atoms with Crippen molar-refractivity contribution in [1.29, 1.82) is 0 Å². The summed E-state index contributed by atoms with van der Waals surface area (Å²) < 4.78 is 31.6. The molecule has 0 bridgehead atoms. The van der Waals surface area contributed by atoms with Crippen LogP contribution < -0.4 is 4.74 Å². The topological polar surface area (TPSA) is 29.5 Å². The quantitative estimate of drug-likeness (QED) is 0.914. The summed E-state index contributed by atoms with van der Waals surface area (Å²) in [6.07, 6.45) is -0.666. The van der Waals surface area contributed by atoms with Gasteiger partial charge >= 0.3 is 0 Å². The summed E-state index contributed by atoms with van der Waals surface area (Å²) in [4.78, 5) is 0. The summed E-state index contributed by atoms with van der Waals surface area (Å²) in [6.45, 7) is 1.67. The van der Waals surface area contributed by atoms with Crippen molar-refractivity contribution in [1.82, 2.24) is 0 Å². The third-order valence-corrected chi connectivity index (χ3v) is 2.69. The number of aliphatic hydroxyl groups is 1. The van der Waals surface area contributed by atoms with Crippen LogP contribution in [0.25, 0.3) is 0 Å². The molecule has 0 amide bonds. The molecule has 1 N–H and O–H groups in total. The zero-order valence-electron chi connectivity index (χ0n) is 10.4. The second kappa shape index (κ2) is 5.80. The van der Waals surface area contributed by atoms with Gasteiger partial charge in [0.1, 0.15) is 24.0 Å². The average Bonchev–Trinajstić information content (AvgIpc) is 2.35. The first kappa shape index (κ1) is 13.5. The maximum atomic E-state index is 13.0. The molecule has 100 valence electrons. The van der Waals surface area contributed by atoms with E-state index in [1.165, 1.54) is 12.1 Å². The molecular weight excluding hydrogens is 250 g/mol. The largest absolute Gasteiger partial charge is 0.489 e. The lowest BCUT2D eigenvalue weighted by Crippen LogP contribution is -2.01. The fourth-order valence-electron chi connectivity index (χ4n) is 1.81.